The van der Waals surface area contributed by atoms with Crippen LogP contribution in [0.4, 0.5) is 26.3 Å². The summed E-state index contributed by atoms with van der Waals surface area (Å²) in [5.74, 6) is -13.4. The lowest BCUT2D eigenvalue weighted by atomic mass is 10.1. The highest BCUT2D eigenvalue weighted by molar-refractivity contribution is 5.88. The second-order valence-corrected chi connectivity index (χ2v) is 4.16. The Hall–Kier alpha value is -2.12. The highest BCUT2D eigenvalue weighted by Gasteiger charge is 2.31. The van der Waals surface area contributed by atoms with Crippen molar-refractivity contribution in [3.63, 3.8) is 0 Å². The maximum absolute atomic E-state index is 14.1. The highest BCUT2D eigenvalue weighted by Crippen LogP contribution is 2.40. The number of hydrogen-bond donors (Lipinski definition) is 0. The van der Waals surface area contributed by atoms with Crippen LogP contribution in [0.2, 0.25) is 0 Å². The Labute approximate surface area is 121 Å². The Bertz CT molecular complexity index is 681. The van der Waals surface area contributed by atoms with Gasteiger partial charge in [-0.3, -0.25) is 0 Å². The van der Waals surface area contributed by atoms with Crippen LogP contribution in [0.15, 0.2) is 0 Å². The normalized spacial score (nSPS) is 11.1. The summed E-state index contributed by atoms with van der Waals surface area (Å²) in [4.78, 5) is 0. The summed E-state index contributed by atoms with van der Waals surface area (Å²) < 4.78 is 92.6. The first-order valence-electron chi connectivity index (χ1n) is 6.28. The van der Waals surface area contributed by atoms with Crippen LogP contribution in [0.5, 0.6) is 11.5 Å². The summed E-state index contributed by atoms with van der Waals surface area (Å²) in [7, 11) is 0. The van der Waals surface area contributed by atoms with Crippen LogP contribution < -0.4 is 9.47 Å². The van der Waals surface area contributed by atoms with Crippen molar-refractivity contribution < 1.29 is 35.8 Å². The first-order valence-corrected chi connectivity index (χ1v) is 6.28. The lowest BCUT2D eigenvalue weighted by Gasteiger charge is -2.14. The first-order chi connectivity index (χ1) is 10.4. The number of ether oxygens (including phenoxy) is 2. The largest absolute Gasteiger partial charge is 0.488 e. The fourth-order valence-corrected chi connectivity index (χ4v) is 2.01. The third kappa shape index (κ3) is 2.22. The summed E-state index contributed by atoms with van der Waals surface area (Å²) in [6.45, 7) is 2.16. The number of rotatable bonds is 4. The number of fused-ring (bicyclic) bond motifs is 1. The molecule has 22 heavy (non-hydrogen) atoms. The number of benzene rings is 2. The van der Waals surface area contributed by atoms with Crippen molar-refractivity contribution in [3.8, 4) is 11.5 Å². The standard InChI is InChI=1S/C14H10F6O2/c1-3-21-13-9(17)5-6(7(15)11(13)19)10(18)14(22-4-2)12(20)8(5)16/h3-4H2,1-2H3. The molecule has 0 aliphatic rings. The van der Waals surface area contributed by atoms with Gasteiger partial charge in [-0.05, 0) is 13.8 Å². The van der Waals surface area contributed by atoms with Gasteiger partial charge in [0.2, 0.25) is 11.6 Å². The molecule has 0 bridgehead atoms. The summed E-state index contributed by atoms with van der Waals surface area (Å²) >= 11 is 0. The molecule has 0 saturated carbocycles. The fourth-order valence-electron chi connectivity index (χ4n) is 2.01. The summed E-state index contributed by atoms with van der Waals surface area (Å²) in [6.07, 6.45) is 0. The van der Waals surface area contributed by atoms with Gasteiger partial charge < -0.3 is 9.47 Å². The van der Waals surface area contributed by atoms with Crippen LogP contribution in [-0.2, 0) is 0 Å². The van der Waals surface area contributed by atoms with Gasteiger partial charge in [0.1, 0.15) is 0 Å². The van der Waals surface area contributed by atoms with E-state index in [-0.39, 0.29) is 13.2 Å². The van der Waals surface area contributed by atoms with Crippen LogP contribution in [0.3, 0.4) is 0 Å². The Morgan fingerprint density at radius 1 is 0.545 bits per heavy atom. The van der Waals surface area contributed by atoms with Crippen LogP contribution in [0, 0.1) is 34.9 Å². The van der Waals surface area contributed by atoms with Gasteiger partial charge in [0.15, 0.2) is 34.8 Å². The molecule has 0 fully saturated rings. The van der Waals surface area contributed by atoms with Crippen molar-refractivity contribution in [2.24, 2.45) is 0 Å². The Morgan fingerprint density at radius 2 is 0.864 bits per heavy atom. The van der Waals surface area contributed by atoms with Gasteiger partial charge in [0, 0.05) is 0 Å². The van der Waals surface area contributed by atoms with Crippen molar-refractivity contribution in [2.75, 3.05) is 13.2 Å². The monoisotopic (exact) mass is 324 g/mol. The topological polar surface area (TPSA) is 18.5 Å². The van der Waals surface area contributed by atoms with Crippen molar-refractivity contribution >= 4 is 10.8 Å². The SMILES string of the molecule is CCOc1c(F)c(F)c2c(F)c(OCC)c(F)c(F)c2c1F. The molecule has 0 atom stereocenters. The molecule has 0 aliphatic heterocycles. The van der Waals surface area contributed by atoms with Crippen LogP contribution in [0.1, 0.15) is 13.8 Å². The van der Waals surface area contributed by atoms with Gasteiger partial charge in [-0.2, -0.15) is 8.78 Å². The third-order valence-electron chi connectivity index (χ3n) is 2.89. The molecule has 0 heterocycles. The minimum atomic E-state index is -1.89. The molecule has 0 radical (unpaired) electrons. The smallest absolute Gasteiger partial charge is 0.204 e. The van der Waals surface area contributed by atoms with E-state index in [9.17, 15) is 26.3 Å². The maximum atomic E-state index is 14.1. The van der Waals surface area contributed by atoms with Gasteiger partial charge in [-0.15, -0.1) is 0 Å². The highest BCUT2D eigenvalue weighted by atomic mass is 19.2. The molecular formula is C14H10F6O2. The molecule has 0 aromatic heterocycles. The fraction of sp³-hybridized carbons (Fsp3) is 0.286. The summed E-state index contributed by atoms with van der Waals surface area (Å²) in [5, 5.41) is -2.75. The van der Waals surface area contributed by atoms with Crippen LogP contribution >= 0.6 is 0 Å². The van der Waals surface area contributed by atoms with Gasteiger partial charge in [0.25, 0.3) is 0 Å². The van der Waals surface area contributed by atoms with Gasteiger partial charge in [-0.25, -0.2) is 17.6 Å². The van der Waals surface area contributed by atoms with E-state index in [0.717, 1.165) is 0 Å². The van der Waals surface area contributed by atoms with E-state index in [1.54, 1.807) is 0 Å². The van der Waals surface area contributed by atoms with Crippen LogP contribution in [-0.4, -0.2) is 13.2 Å². The minimum Gasteiger partial charge on any atom is -0.488 e. The molecule has 0 spiro atoms. The molecule has 2 aromatic carbocycles. The van der Waals surface area contributed by atoms with E-state index in [1.807, 2.05) is 0 Å². The molecule has 8 heteroatoms. The molecule has 2 nitrogen and oxygen atoms in total. The van der Waals surface area contributed by atoms with E-state index in [1.165, 1.54) is 13.8 Å². The average Bonchev–Trinajstić information content (AvgIpc) is 2.49. The van der Waals surface area contributed by atoms with Gasteiger partial charge >= 0.3 is 0 Å². The second kappa shape index (κ2) is 5.94. The zero-order chi connectivity index (χ0) is 16.6. The predicted molar refractivity (Wildman–Crippen MR) is 66.0 cm³/mol. The Kier molecular flexibility index (Phi) is 4.39. The Morgan fingerprint density at radius 3 is 1.14 bits per heavy atom. The Balaban J connectivity index is 3.01. The van der Waals surface area contributed by atoms with Gasteiger partial charge in [0.05, 0.1) is 24.0 Å². The zero-order valence-corrected chi connectivity index (χ0v) is 11.5. The predicted octanol–water partition coefficient (Wildman–Crippen LogP) is 4.47. The average molecular weight is 324 g/mol. The lowest BCUT2D eigenvalue weighted by molar-refractivity contribution is 0.291. The van der Waals surface area contributed by atoms with Crippen molar-refractivity contribution in [1.29, 1.82) is 0 Å². The molecule has 0 aliphatic carbocycles. The summed E-state index contributed by atoms with van der Waals surface area (Å²) in [5.41, 5.74) is 0. The molecule has 120 valence electrons. The molecule has 0 unspecified atom stereocenters. The van der Waals surface area contributed by atoms with E-state index < -0.39 is 57.2 Å². The molecular weight excluding hydrogens is 314 g/mol. The molecule has 0 amide bonds. The molecule has 2 aromatic rings. The summed E-state index contributed by atoms with van der Waals surface area (Å²) in [6, 6.07) is 0. The quantitative estimate of drug-likeness (QED) is 0.610. The van der Waals surface area contributed by atoms with E-state index in [0.29, 0.717) is 0 Å². The first kappa shape index (κ1) is 16.3. The lowest BCUT2D eigenvalue weighted by Crippen LogP contribution is -2.08. The van der Waals surface area contributed by atoms with Crippen molar-refractivity contribution in [2.45, 2.75) is 13.8 Å². The molecule has 0 saturated heterocycles. The second-order valence-electron chi connectivity index (χ2n) is 4.16. The van der Waals surface area contributed by atoms with Crippen molar-refractivity contribution in [3.05, 3.63) is 34.9 Å². The van der Waals surface area contributed by atoms with E-state index in [2.05, 4.69) is 9.47 Å². The maximum Gasteiger partial charge on any atom is 0.204 e. The number of hydrogen-bond acceptors (Lipinski definition) is 2. The minimum absolute atomic E-state index is 0.262. The number of halogens is 6. The molecule has 2 rings (SSSR count). The van der Waals surface area contributed by atoms with Gasteiger partial charge in [-0.1, -0.05) is 0 Å². The molecule has 0 N–H and O–H groups in total. The van der Waals surface area contributed by atoms with E-state index in [4.69, 9.17) is 0 Å². The zero-order valence-electron chi connectivity index (χ0n) is 11.5. The van der Waals surface area contributed by atoms with Crippen molar-refractivity contribution in [1.82, 2.24) is 0 Å². The van der Waals surface area contributed by atoms with E-state index >= 15 is 0 Å². The third-order valence-corrected chi connectivity index (χ3v) is 2.89. The van der Waals surface area contributed by atoms with Crippen LogP contribution in [0.25, 0.3) is 10.8 Å².